The summed E-state index contributed by atoms with van der Waals surface area (Å²) in [4.78, 5) is 14.4. The highest BCUT2D eigenvalue weighted by Crippen LogP contribution is 2.27. The Morgan fingerprint density at radius 1 is 1.00 bits per heavy atom. The average molecular weight is 472 g/mol. The van der Waals surface area contributed by atoms with Crippen molar-refractivity contribution in [3.05, 3.63) is 71.8 Å². The molecule has 1 heterocycles. The number of carbonyl (C=O) groups excluding carboxylic acids is 1. The molecule has 0 amide bonds. The molecular weight excluding hydrogens is 438 g/mol. The first kappa shape index (κ1) is 25.1. The van der Waals surface area contributed by atoms with Gasteiger partial charge in [-0.05, 0) is 37.2 Å². The molecule has 1 aliphatic heterocycles. The largest absolute Gasteiger partial charge is 0.465 e. The van der Waals surface area contributed by atoms with Crippen LogP contribution >= 0.6 is 12.2 Å². The van der Waals surface area contributed by atoms with Crippen LogP contribution in [0.15, 0.2) is 60.7 Å². The van der Waals surface area contributed by atoms with E-state index < -0.39 is 0 Å². The summed E-state index contributed by atoms with van der Waals surface area (Å²) in [5.41, 5.74) is 2.05. The topological polar surface area (TPSA) is 57.2 Å². The maximum Gasteiger partial charge on any atom is 0.308 e. The number of ether oxygens (including phenoxy) is 4. The fourth-order valence-electron chi connectivity index (χ4n) is 3.74. The van der Waals surface area contributed by atoms with Gasteiger partial charge >= 0.3 is 5.97 Å². The molecule has 7 heteroatoms. The predicted octanol–water partition coefficient (Wildman–Crippen LogP) is 4.51. The van der Waals surface area contributed by atoms with Crippen LogP contribution in [0.1, 0.15) is 37.8 Å². The summed E-state index contributed by atoms with van der Waals surface area (Å²) in [5, 5.41) is 0.453. The van der Waals surface area contributed by atoms with Crippen LogP contribution < -0.4 is 0 Å². The van der Waals surface area contributed by atoms with Crippen molar-refractivity contribution in [1.29, 1.82) is 0 Å². The fraction of sp³-hybridized carbons (Fsp3) is 0.462. The zero-order chi connectivity index (χ0) is 23.5. The van der Waals surface area contributed by atoms with Gasteiger partial charge in [0.2, 0.25) is 0 Å². The lowest BCUT2D eigenvalue weighted by molar-refractivity contribution is -0.148. The molecule has 2 aromatic rings. The minimum Gasteiger partial charge on any atom is -0.465 e. The van der Waals surface area contributed by atoms with E-state index in [1.807, 2.05) is 79.4 Å². The molecule has 33 heavy (non-hydrogen) atoms. The molecule has 6 nitrogen and oxygen atoms in total. The van der Waals surface area contributed by atoms with Crippen LogP contribution in [0.25, 0.3) is 0 Å². The Hall–Kier alpha value is -2.48. The molecular formula is C26H33NO5S. The molecule has 0 N–H and O–H groups in total. The highest BCUT2D eigenvalue weighted by atomic mass is 32.1. The van der Waals surface area contributed by atoms with Crippen LogP contribution in [0, 0.1) is 0 Å². The SMILES string of the molecule is CCN(CC)C(=S)O[C@H]1C[C@H](CC(=O)OCc2ccccc2)O[C@@H]1COCc1ccccc1. The molecule has 0 saturated carbocycles. The van der Waals surface area contributed by atoms with Gasteiger partial charge in [-0.25, -0.2) is 0 Å². The molecule has 0 unspecified atom stereocenters. The summed E-state index contributed by atoms with van der Waals surface area (Å²) in [6, 6.07) is 19.6. The molecule has 3 atom stereocenters. The van der Waals surface area contributed by atoms with Crippen LogP contribution in [-0.2, 0) is 37.0 Å². The third-order valence-electron chi connectivity index (χ3n) is 5.58. The van der Waals surface area contributed by atoms with Crippen molar-refractivity contribution in [2.45, 2.75) is 58.2 Å². The van der Waals surface area contributed by atoms with Crippen molar-refractivity contribution >= 4 is 23.4 Å². The van der Waals surface area contributed by atoms with E-state index in [4.69, 9.17) is 31.2 Å². The van der Waals surface area contributed by atoms with Crippen molar-refractivity contribution in [3.8, 4) is 0 Å². The minimum absolute atomic E-state index is 0.167. The van der Waals surface area contributed by atoms with Crippen molar-refractivity contribution in [3.63, 3.8) is 0 Å². The first-order valence-corrected chi connectivity index (χ1v) is 11.9. The quantitative estimate of drug-likeness (QED) is 0.353. The molecule has 1 aliphatic rings. The maximum atomic E-state index is 12.4. The lowest BCUT2D eigenvalue weighted by Gasteiger charge is -2.26. The number of hydrogen-bond acceptors (Lipinski definition) is 6. The minimum atomic E-state index is -0.311. The van der Waals surface area contributed by atoms with E-state index in [1.165, 1.54) is 0 Å². The Morgan fingerprint density at radius 3 is 2.21 bits per heavy atom. The number of benzene rings is 2. The Morgan fingerprint density at radius 2 is 1.61 bits per heavy atom. The van der Waals surface area contributed by atoms with E-state index in [0.29, 0.717) is 24.8 Å². The zero-order valence-electron chi connectivity index (χ0n) is 19.4. The Bertz CT molecular complexity index is 860. The third-order valence-corrected chi connectivity index (χ3v) is 5.94. The van der Waals surface area contributed by atoms with Crippen LogP contribution in [-0.4, -0.2) is 54.1 Å². The Labute approximate surface area is 201 Å². The van der Waals surface area contributed by atoms with Gasteiger partial charge in [0.1, 0.15) is 18.8 Å². The lowest BCUT2D eigenvalue weighted by atomic mass is 10.1. The number of rotatable bonds is 11. The molecule has 0 spiro atoms. The van der Waals surface area contributed by atoms with Crippen LogP contribution in [0.3, 0.4) is 0 Å². The normalized spacial score (nSPS) is 19.8. The van der Waals surface area contributed by atoms with Gasteiger partial charge < -0.3 is 23.8 Å². The summed E-state index contributed by atoms with van der Waals surface area (Å²) in [5.74, 6) is -0.292. The van der Waals surface area contributed by atoms with Crippen LogP contribution in [0.4, 0.5) is 0 Å². The van der Waals surface area contributed by atoms with Gasteiger partial charge in [0.25, 0.3) is 5.17 Å². The van der Waals surface area contributed by atoms with Gasteiger partial charge in [0.15, 0.2) is 0 Å². The number of hydrogen-bond donors (Lipinski definition) is 0. The third kappa shape index (κ3) is 8.11. The Balaban J connectivity index is 1.54. The molecule has 1 fully saturated rings. The van der Waals surface area contributed by atoms with Gasteiger partial charge in [0.05, 0.1) is 25.7 Å². The lowest BCUT2D eigenvalue weighted by Crippen LogP contribution is -2.37. The monoisotopic (exact) mass is 471 g/mol. The van der Waals surface area contributed by atoms with Crippen LogP contribution in [0.2, 0.25) is 0 Å². The molecule has 2 aromatic carbocycles. The molecule has 1 saturated heterocycles. The van der Waals surface area contributed by atoms with Gasteiger partial charge in [-0.15, -0.1) is 0 Å². The smallest absolute Gasteiger partial charge is 0.308 e. The van der Waals surface area contributed by atoms with E-state index in [9.17, 15) is 4.79 Å². The van der Waals surface area contributed by atoms with Gasteiger partial charge in [-0.3, -0.25) is 4.79 Å². The second kappa shape index (κ2) is 13.3. The molecule has 0 aliphatic carbocycles. The zero-order valence-corrected chi connectivity index (χ0v) is 20.2. The molecule has 0 bridgehead atoms. The second-order valence-electron chi connectivity index (χ2n) is 7.98. The highest BCUT2D eigenvalue weighted by molar-refractivity contribution is 7.80. The van der Waals surface area contributed by atoms with E-state index in [0.717, 1.165) is 24.2 Å². The van der Waals surface area contributed by atoms with Crippen molar-refractivity contribution < 1.29 is 23.7 Å². The summed E-state index contributed by atoms with van der Waals surface area (Å²) in [6.07, 6.45) is -0.167. The maximum absolute atomic E-state index is 12.4. The van der Waals surface area contributed by atoms with Crippen molar-refractivity contribution in [2.75, 3.05) is 19.7 Å². The summed E-state index contributed by atoms with van der Waals surface area (Å²) in [7, 11) is 0. The number of esters is 1. The van der Waals surface area contributed by atoms with E-state index in [2.05, 4.69) is 0 Å². The highest BCUT2D eigenvalue weighted by Gasteiger charge is 2.39. The van der Waals surface area contributed by atoms with E-state index in [1.54, 1.807) is 0 Å². The first-order valence-electron chi connectivity index (χ1n) is 11.5. The standard InChI is InChI=1S/C26H33NO5S/c1-3-27(4-2)26(33)32-23-15-22(16-25(28)30-18-21-13-9-6-10-14-21)31-24(23)19-29-17-20-11-7-5-8-12-20/h5-14,22-24H,3-4,15-19H2,1-2H3/t22-,23+,24-/m1/s1. The molecule has 3 rings (SSSR count). The van der Waals surface area contributed by atoms with E-state index >= 15 is 0 Å². The van der Waals surface area contributed by atoms with E-state index in [-0.39, 0.29) is 37.3 Å². The molecule has 178 valence electrons. The average Bonchev–Trinajstić information content (AvgIpc) is 3.20. The van der Waals surface area contributed by atoms with Crippen molar-refractivity contribution in [1.82, 2.24) is 4.90 Å². The first-order chi connectivity index (χ1) is 16.1. The summed E-state index contributed by atoms with van der Waals surface area (Å²) < 4.78 is 23.6. The fourth-order valence-corrected chi connectivity index (χ4v) is 4.12. The van der Waals surface area contributed by atoms with Gasteiger partial charge in [-0.2, -0.15) is 0 Å². The van der Waals surface area contributed by atoms with Gasteiger partial charge in [0, 0.05) is 19.5 Å². The van der Waals surface area contributed by atoms with Crippen molar-refractivity contribution in [2.24, 2.45) is 0 Å². The summed E-state index contributed by atoms with van der Waals surface area (Å²) in [6.45, 7) is 6.71. The second-order valence-corrected chi connectivity index (χ2v) is 8.33. The predicted molar refractivity (Wildman–Crippen MR) is 131 cm³/mol. The number of carbonyl (C=O) groups is 1. The molecule has 0 radical (unpaired) electrons. The summed E-state index contributed by atoms with van der Waals surface area (Å²) >= 11 is 5.49. The Kier molecular flexibility index (Phi) is 10.1. The number of nitrogens with zero attached hydrogens (tertiary/aromatic N) is 1. The molecule has 0 aromatic heterocycles. The number of thiocarbonyl (C=S) groups is 1. The van der Waals surface area contributed by atoms with Crippen LogP contribution in [0.5, 0.6) is 0 Å². The van der Waals surface area contributed by atoms with Gasteiger partial charge in [-0.1, -0.05) is 60.7 Å².